The lowest BCUT2D eigenvalue weighted by atomic mass is 9.73. The summed E-state index contributed by atoms with van der Waals surface area (Å²) in [5.74, 6) is -84.5. The van der Waals surface area contributed by atoms with Gasteiger partial charge in [-0.2, -0.15) is 140 Å². The first-order valence-electron chi connectivity index (χ1n) is 18.6. The minimum Gasteiger partial charge on any atom is -0.457 e. The third-order valence-electron chi connectivity index (χ3n) is 10.5. The molecule has 4 nitrogen and oxygen atoms in total. The van der Waals surface area contributed by atoms with Gasteiger partial charge in [-0.05, 0) is 71.8 Å². The third-order valence-corrected chi connectivity index (χ3v) is 10.5. The van der Waals surface area contributed by atoms with E-state index in [0.29, 0.717) is 0 Å². The Morgan fingerprint density at radius 1 is 0.253 bits per heavy atom. The van der Waals surface area contributed by atoms with E-state index in [1.54, 1.807) is 0 Å². The molecule has 36 heteroatoms. The summed E-state index contributed by atoms with van der Waals surface area (Å²) in [4.78, 5) is 0. The summed E-state index contributed by atoms with van der Waals surface area (Å²) in [6.45, 7) is 0. The van der Waals surface area contributed by atoms with Gasteiger partial charge < -0.3 is 20.9 Å². The Labute approximate surface area is 392 Å². The molecule has 0 aliphatic carbocycles. The monoisotopic (exact) mass is 1150 g/mol. The predicted octanol–water partition coefficient (Wildman–Crippen LogP) is 16.2. The average molecular weight is 1150 g/mol. The standard InChI is InChI=1S/C39H18F32N2O2/c40-26(41,28(44,45)30(48,49)32(52,53)34(56,57)38(66,67)68)21-13-19(9-11-23(21)72)74-17-5-1-15(2-6-17)25(36(60,61)62,37(63,64)65)16-3-7-18(8-4-16)75-20-10-12-24(73)22(14-20)27(42,43)29(46,47)31(50,51)33(54,55)35(58,59)39(69,70)71/h1-14H,72-73H2. The minimum atomic E-state index is -8.34. The molecule has 0 aliphatic heterocycles. The molecule has 0 atom stereocenters. The van der Waals surface area contributed by atoms with E-state index in [9.17, 15) is 140 Å². The molecule has 0 radical (unpaired) electrons. The van der Waals surface area contributed by atoms with Gasteiger partial charge in [-0.1, -0.05) is 24.3 Å². The average Bonchev–Trinajstić information content (AvgIpc) is 3.23. The van der Waals surface area contributed by atoms with Gasteiger partial charge in [-0.25, -0.2) is 0 Å². The highest BCUT2D eigenvalue weighted by Crippen LogP contribution is 2.65. The number of benzene rings is 4. The molecule has 420 valence electrons. The molecule has 75 heavy (non-hydrogen) atoms. The van der Waals surface area contributed by atoms with Crippen molar-refractivity contribution in [1.82, 2.24) is 0 Å². The van der Waals surface area contributed by atoms with E-state index in [-0.39, 0.29) is 72.8 Å². The molecule has 4 rings (SSSR count). The van der Waals surface area contributed by atoms with Crippen LogP contribution in [0.1, 0.15) is 22.3 Å². The minimum absolute atomic E-state index is 0.0156. The summed E-state index contributed by atoms with van der Waals surface area (Å²) in [5, 5.41) is 0. The molecular weight excluding hydrogens is 1140 g/mol. The molecule has 0 aromatic heterocycles. The Morgan fingerprint density at radius 3 is 0.707 bits per heavy atom. The fourth-order valence-electron chi connectivity index (χ4n) is 6.42. The number of hydrogen-bond donors (Lipinski definition) is 2. The summed E-state index contributed by atoms with van der Waals surface area (Å²) in [6, 6.07) is -0.654. The van der Waals surface area contributed by atoms with Gasteiger partial charge in [0, 0.05) is 11.4 Å². The smallest absolute Gasteiger partial charge is 0.457 e. The molecule has 0 unspecified atom stereocenters. The van der Waals surface area contributed by atoms with Crippen LogP contribution in [0.15, 0.2) is 84.9 Å². The molecule has 0 aliphatic rings. The first kappa shape index (κ1) is 61.4. The van der Waals surface area contributed by atoms with Gasteiger partial charge >= 0.3 is 83.9 Å². The van der Waals surface area contributed by atoms with Gasteiger partial charge in [-0.15, -0.1) is 0 Å². The predicted molar refractivity (Wildman–Crippen MR) is 187 cm³/mol. The molecule has 4 N–H and O–H groups in total. The van der Waals surface area contributed by atoms with Crippen LogP contribution in [0.4, 0.5) is 152 Å². The van der Waals surface area contributed by atoms with Crippen molar-refractivity contribution in [2.75, 3.05) is 11.5 Å². The molecule has 0 fully saturated rings. The number of nitrogen functional groups attached to an aromatic ring is 2. The maximum atomic E-state index is 15.0. The third kappa shape index (κ3) is 9.09. The molecule has 0 bridgehead atoms. The van der Waals surface area contributed by atoms with E-state index in [1.165, 1.54) is 0 Å². The van der Waals surface area contributed by atoms with Crippen LogP contribution in [0.2, 0.25) is 0 Å². The highest BCUT2D eigenvalue weighted by molar-refractivity contribution is 5.56. The molecule has 0 saturated heterocycles. The zero-order valence-electron chi connectivity index (χ0n) is 34.6. The second kappa shape index (κ2) is 18.0. The zero-order chi connectivity index (χ0) is 58.6. The van der Waals surface area contributed by atoms with Gasteiger partial charge in [0.05, 0.1) is 11.1 Å². The fourth-order valence-corrected chi connectivity index (χ4v) is 6.42. The lowest BCUT2D eigenvalue weighted by molar-refractivity contribution is -0.441. The maximum Gasteiger partial charge on any atom is 0.460 e. The Morgan fingerprint density at radius 2 is 0.480 bits per heavy atom. The van der Waals surface area contributed by atoms with E-state index in [2.05, 4.69) is 0 Å². The van der Waals surface area contributed by atoms with Gasteiger partial charge in [-0.3, -0.25) is 0 Å². The second-order valence-corrected chi connectivity index (χ2v) is 15.2. The number of rotatable bonds is 16. The summed E-state index contributed by atoms with van der Waals surface area (Å²) < 4.78 is 456. The van der Waals surface area contributed by atoms with E-state index in [4.69, 9.17) is 20.9 Å². The normalized spacial score (nSPS) is 15.0. The number of anilines is 2. The van der Waals surface area contributed by atoms with E-state index >= 15 is 0 Å². The zero-order valence-corrected chi connectivity index (χ0v) is 34.6. The van der Waals surface area contributed by atoms with Gasteiger partial charge in [0.15, 0.2) is 0 Å². The van der Waals surface area contributed by atoms with Crippen molar-refractivity contribution in [3.63, 3.8) is 0 Å². The first-order chi connectivity index (χ1) is 33.1. The van der Waals surface area contributed by atoms with E-state index in [0.717, 1.165) is 0 Å². The Hall–Kier alpha value is -6.16. The van der Waals surface area contributed by atoms with Crippen molar-refractivity contribution in [2.24, 2.45) is 0 Å². The Balaban J connectivity index is 1.73. The molecule has 0 heterocycles. The molecule has 0 saturated carbocycles. The van der Waals surface area contributed by atoms with Crippen molar-refractivity contribution in [3.8, 4) is 23.0 Å². The summed E-state index contributed by atoms with van der Waals surface area (Å²) in [5.41, 5.74) is -8.29. The van der Waals surface area contributed by atoms with Gasteiger partial charge in [0.2, 0.25) is 5.41 Å². The van der Waals surface area contributed by atoms with Crippen LogP contribution in [0.5, 0.6) is 23.0 Å². The molecule has 4 aromatic rings. The largest absolute Gasteiger partial charge is 0.460 e. The molecule has 4 aromatic carbocycles. The fraction of sp³-hybridized carbons (Fsp3) is 0.385. The summed E-state index contributed by atoms with van der Waals surface area (Å²) >= 11 is 0. The van der Waals surface area contributed by atoms with Gasteiger partial charge in [0.1, 0.15) is 23.0 Å². The van der Waals surface area contributed by atoms with Crippen molar-refractivity contribution < 1.29 is 150 Å². The molecular formula is C39H18F32N2O2. The van der Waals surface area contributed by atoms with Crippen LogP contribution in [-0.2, 0) is 17.3 Å². The van der Waals surface area contributed by atoms with Crippen molar-refractivity contribution in [3.05, 3.63) is 107 Å². The van der Waals surface area contributed by atoms with Crippen molar-refractivity contribution in [1.29, 1.82) is 0 Å². The van der Waals surface area contributed by atoms with Crippen LogP contribution < -0.4 is 20.9 Å². The van der Waals surface area contributed by atoms with Crippen LogP contribution >= 0.6 is 0 Å². The second-order valence-electron chi connectivity index (χ2n) is 15.2. The van der Waals surface area contributed by atoms with E-state index in [1.807, 2.05) is 0 Å². The van der Waals surface area contributed by atoms with Crippen LogP contribution in [0.25, 0.3) is 0 Å². The number of hydrogen-bond acceptors (Lipinski definition) is 4. The lowest BCUT2D eigenvalue weighted by Crippen LogP contribution is -2.69. The highest BCUT2D eigenvalue weighted by atomic mass is 19.5. The Bertz CT molecular complexity index is 2520. The number of ether oxygens (including phenoxy) is 2. The number of nitrogens with two attached hydrogens (primary N) is 2. The summed E-state index contributed by atoms with van der Waals surface area (Å²) in [6.07, 6.45) is -28.6. The van der Waals surface area contributed by atoms with Crippen molar-refractivity contribution in [2.45, 2.75) is 89.3 Å². The quantitative estimate of drug-likeness (QED) is 0.0866. The maximum absolute atomic E-state index is 15.0. The number of alkyl halides is 32. The van der Waals surface area contributed by atoms with Gasteiger partial charge in [0.25, 0.3) is 0 Å². The van der Waals surface area contributed by atoms with Crippen molar-refractivity contribution >= 4 is 11.4 Å². The van der Waals surface area contributed by atoms with Crippen LogP contribution in [0.3, 0.4) is 0 Å². The van der Waals surface area contributed by atoms with Crippen LogP contribution in [-0.4, -0.2) is 72.1 Å². The topological polar surface area (TPSA) is 70.5 Å². The molecule has 0 amide bonds. The molecule has 0 spiro atoms. The SMILES string of the molecule is Nc1ccc(Oc2ccc(C(c3ccc(Oc4ccc(N)c(C(F)(F)C(F)(F)C(F)(F)C(F)(F)C(F)(F)C(F)(F)F)c4)cc3)(C(F)(F)F)C(F)(F)F)cc2)cc1C(F)(F)C(F)(F)C(F)(F)C(F)(F)C(F)(F)C(F)(F)F. The Kier molecular flexibility index (Phi) is 14.7. The highest BCUT2D eigenvalue weighted by Gasteiger charge is 2.92. The lowest BCUT2D eigenvalue weighted by Gasteiger charge is -2.40. The summed E-state index contributed by atoms with van der Waals surface area (Å²) in [7, 11) is 0. The van der Waals surface area contributed by atoms with E-state index < -0.39 is 158 Å². The van der Waals surface area contributed by atoms with Crippen LogP contribution in [0, 0.1) is 0 Å². The number of halogens is 32. The first-order valence-corrected chi connectivity index (χ1v) is 18.6.